The predicted octanol–water partition coefficient (Wildman–Crippen LogP) is 1.55. The van der Waals surface area contributed by atoms with Gasteiger partial charge in [-0.25, -0.2) is 0 Å². The summed E-state index contributed by atoms with van der Waals surface area (Å²) in [5.74, 6) is 3.00. The monoisotopic (exact) mass is 380 g/mol. The van der Waals surface area contributed by atoms with Crippen LogP contribution in [0.3, 0.4) is 0 Å². The fourth-order valence-corrected chi connectivity index (χ4v) is 3.05. The first-order chi connectivity index (χ1) is 13.3. The molecule has 0 amide bonds. The van der Waals surface area contributed by atoms with E-state index in [1.807, 2.05) is 0 Å². The molecule has 1 aromatic heterocycles. The van der Waals surface area contributed by atoms with Crippen molar-refractivity contribution in [1.29, 1.82) is 0 Å². The van der Waals surface area contributed by atoms with Crippen molar-refractivity contribution >= 4 is 5.96 Å². The number of aryl methyl sites for hydroxylation is 1. The lowest BCUT2D eigenvalue weighted by Gasteiger charge is -2.12. The maximum Gasteiger partial charge on any atom is 0.191 e. The molecular formula is C19H36N6O2. The van der Waals surface area contributed by atoms with E-state index in [2.05, 4.69) is 37.3 Å². The van der Waals surface area contributed by atoms with Gasteiger partial charge in [0.2, 0.25) is 0 Å². The van der Waals surface area contributed by atoms with E-state index in [9.17, 15) is 0 Å². The molecule has 0 bridgehead atoms. The van der Waals surface area contributed by atoms with Gasteiger partial charge in [-0.2, -0.15) is 0 Å². The van der Waals surface area contributed by atoms with E-state index >= 15 is 0 Å². The molecule has 1 aromatic rings. The first-order valence-electron chi connectivity index (χ1n) is 10.4. The number of unbranched alkanes of at least 4 members (excludes halogenated alkanes) is 1. The average Bonchev–Trinajstić information content (AvgIpc) is 2.91. The molecule has 154 valence electrons. The van der Waals surface area contributed by atoms with Crippen LogP contribution in [0.4, 0.5) is 0 Å². The molecule has 2 N–H and O–H groups in total. The molecular weight excluding hydrogens is 344 g/mol. The second-order valence-electron chi connectivity index (χ2n) is 6.75. The maximum atomic E-state index is 5.55. The maximum absolute atomic E-state index is 5.55. The van der Waals surface area contributed by atoms with Gasteiger partial charge in [0.15, 0.2) is 5.96 Å². The molecule has 1 aliphatic rings. The van der Waals surface area contributed by atoms with E-state index in [0.29, 0.717) is 19.8 Å². The predicted molar refractivity (Wildman–Crippen MR) is 107 cm³/mol. The molecule has 1 aliphatic heterocycles. The standard InChI is InChI=1S/C19H36N6O2/c1-3-4-13-26-15-16-27-14-11-22-19(20-2)21-10-9-18-24-23-17-8-6-5-7-12-25(17)18/h3-16H2,1-2H3,(H2,20,21,22). The van der Waals surface area contributed by atoms with Gasteiger partial charge < -0.3 is 24.7 Å². The minimum atomic E-state index is 0.634. The molecule has 2 rings (SSSR count). The van der Waals surface area contributed by atoms with Crippen molar-refractivity contribution in [2.75, 3.05) is 46.6 Å². The van der Waals surface area contributed by atoms with Crippen molar-refractivity contribution in [3.63, 3.8) is 0 Å². The fourth-order valence-electron chi connectivity index (χ4n) is 3.05. The summed E-state index contributed by atoms with van der Waals surface area (Å²) in [4.78, 5) is 4.25. The zero-order chi connectivity index (χ0) is 19.2. The van der Waals surface area contributed by atoms with Crippen molar-refractivity contribution in [3.8, 4) is 0 Å². The Bertz CT molecular complexity index is 546. The molecule has 2 heterocycles. The Morgan fingerprint density at radius 1 is 1.04 bits per heavy atom. The molecule has 0 radical (unpaired) electrons. The number of rotatable bonds is 12. The highest BCUT2D eigenvalue weighted by Gasteiger charge is 2.14. The molecule has 27 heavy (non-hydrogen) atoms. The number of aliphatic imine (C=N–C) groups is 1. The van der Waals surface area contributed by atoms with Crippen LogP contribution in [-0.4, -0.2) is 67.3 Å². The van der Waals surface area contributed by atoms with Crippen molar-refractivity contribution in [2.24, 2.45) is 4.99 Å². The summed E-state index contributed by atoms with van der Waals surface area (Å²) < 4.78 is 13.3. The number of hydrogen-bond donors (Lipinski definition) is 2. The summed E-state index contributed by atoms with van der Waals surface area (Å²) in [6.45, 7) is 7.46. The van der Waals surface area contributed by atoms with E-state index in [1.165, 1.54) is 19.3 Å². The third kappa shape index (κ3) is 8.26. The van der Waals surface area contributed by atoms with Gasteiger partial charge in [-0.1, -0.05) is 19.8 Å². The number of fused-ring (bicyclic) bond motifs is 1. The van der Waals surface area contributed by atoms with Crippen LogP contribution in [0, 0.1) is 0 Å². The minimum absolute atomic E-state index is 0.634. The van der Waals surface area contributed by atoms with Crippen LogP contribution in [0.15, 0.2) is 4.99 Å². The Morgan fingerprint density at radius 2 is 1.85 bits per heavy atom. The van der Waals surface area contributed by atoms with Gasteiger partial charge in [0.1, 0.15) is 11.6 Å². The van der Waals surface area contributed by atoms with Gasteiger partial charge in [-0.15, -0.1) is 10.2 Å². The average molecular weight is 381 g/mol. The summed E-state index contributed by atoms with van der Waals surface area (Å²) in [7, 11) is 1.78. The van der Waals surface area contributed by atoms with Crippen LogP contribution in [0.25, 0.3) is 0 Å². The number of nitrogens with one attached hydrogen (secondary N) is 2. The number of guanidine groups is 1. The smallest absolute Gasteiger partial charge is 0.191 e. The Balaban J connectivity index is 1.55. The van der Waals surface area contributed by atoms with E-state index in [1.54, 1.807) is 7.05 Å². The Kier molecular flexibility index (Phi) is 10.8. The quantitative estimate of drug-likeness (QED) is 0.325. The Labute approximate surface area is 163 Å². The molecule has 0 aromatic carbocycles. The first-order valence-corrected chi connectivity index (χ1v) is 10.4. The lowest BCUT2D eigenvalue weighted by Crippen LogP contribution is -2.40. The van der Waals surface area contributed by atoms with E-state index < -0.39 is 0 Å². The first kappa shape index (κ1) is 21.6. The highest BCUT2D eigenvalue weighted by atomic mass is 16.5. The van der Waals surface area contributed by atoms with Gasteiger partial charge in [-0.05, 0) is 19.3 Å². The van der Waals surface area contributed by atoms with Gasteiger partial charge in [0, 0.05) is 46.1 Å². The summed E-state index contributed by atoms with van der Waals surface area (Å²) in [6.07, 6.45) is 7.90. The number of hydrogen-bond acceptors (Lipinski definition) is 5. The fraction of sp³-hybridized carbons (Fsp3) is 0.842. The number of aromatic nitrogens is 3. The van der Waals surface area contributed by atoms with Crippen LogP contribution in [0.5, 0.6) is 0 Å². The molecule has 0 aliphatic carbocycles. The van der Waals surface area contributed by atoms with Crippen LogP contribution in [-0.2, 0) is 28.9 Å². The lowest BCUT2D eigenvalue weighted by atomic mass is 10.2. The second-order valence-corrected chi connectivity index (χ2v) is 6.75. The molecule has 0 unspecified atom stereocenters. The van der Waals surface area contributed by atoms with Crippen molar-refractivity contribution in [1.82, 2.24) is 25.4 Å². The Hall–Kier alpha value is -1.67. The zero-order valence-electron chi connectivity index (χ0n) is 17.0. The SMILES string of the molecule is CCCCOCCOCCNC(=NC)NCCc1nnc2n1CCCCC2. The van der Waals surface area contributed by atoms with Crippen LogP contribution >= 0.6 is 0 Å². The third-order valence-electron chi connectivity index (χ3n) is 4.60. The van der Waals surface area contributed by atoms with Crippen molar-refractivity contribution in [2.45, 2.75) is 58.4 Å². The molecule has 8 heteroatoms. The van der Waals surface area contributed by atoms with E-state index in [0.717, 1.165) is 69.5 Å². The topological polar surface area (TPSA) is 85.6 Å². The van der Waals surface area contributed by atoms with Crippen molar-refractivity contribution in [3.05, 3.63) is 11.6 Å². The third-order valence-corrected chi connectivity index (χ3v) is 4.60. The summed E-state index contributed by atoms with van der Waals surface area (Å²) in [5, 5.41) is 15.3. The van der Waals surface area contributed by atoms with Crippen LogP contribution < -0.4 is 10.6 Å². The van der Waals surface area contributed by atoms with E-state index in [-0.39, 0.29) is 0 Å². The van der Waals surface area contributed by atoms with Gasteiger partial charge >= 0.3 is 0 Å². The molecule has 0 saturated carbocycles. The van der Waals surface area contributed by atoms with Crippen molar-refractivity contribution < 1.29 is 9.47 Å². The normalized spacial score (nSPS) is 14.7. The highest BCUT2D eigenvalue weighted by molar-refractivity contribution is 5.79. The summed E-state index contributed by atoms with van der Waals surface area (Å²) in [5.41, 5.74) is 0. The summed E-state index contributed by atoms with van der Waals surface area (Å²) in [6, 6.07) is 0. The number of nitrogens with zero attached hydrogens (tertiary/aromatic N) is 4. The zero-order valence-corrected chi connectivity index (χ0v) is 17.0. The highest BCUT2D eigenvalue weighted by Crippen LogP contribution is 2.14. The molecule has 0 saturated heterocycles. The van der Waals surface area contributed by atoms with Gasteiger partial charge in [-0.3, -0.25) is 4.99 Å². The van der Waals surface area contributed by atoms with E-state index in [4.69, 9.17) is 9.47 Å². The molecule has 0 fully saturated rings. The van der Waals surface area contributed by atoms with Gasteiger partial charge in [0.05, 0.1) is 19.8 Å². The lowest BCUT2D eigenvalue weighted by molar-refractivity contribution is 0.0487. The van der Waals surface area contributed by atoms with Crippen LogP contribution in [0.2, 0.25) is 0 Å². The second kappa shape index (κ2) is 13.5. The number of ether oxygens (including phenoxy) is 2. The van der Waals surface area contributed by atoms with Crippen LogP contribution in [0.1, 0.15) is 50.7 Å². The Morgan fingerprint density at radius 3 is 2.67 bits per heavy atom. The molecule has 0 atom stereocenters. The largest absolute Gasteiger partial charge is 0.379 e. The molecule has 8 nitrogen and oxygen atoms in total. The molecule has 0 spiro atoms. The summed E-state index contributed by atoms with van der Waals surface area (Å²) >= 11 is 0. The van der Waals surface area contributed by atoms with Gasteiger partial charge in [0.25, 0.3) is 0 Å². The minimum Gasteiger partial charge on any atom is -0.379 e.